The van der Waals surface area contributed by atoms with Gasteiger partial charge in [0, 0.05) is 0 Å². The van der Waals surface area contributed by atoms with Crippen molar-refractivity contribution >= 4 is 71.2 Å². The van der Waals surface area contributed by atoms with Gasteiger partial charge in [-0.3, -0.25) is 9.59 Å². The maximum Gasteiger partial charge on any atom is 0.586 e. The van der Waals surface area contributed by atoms with Crippen LogP contribution in [0.4, 0.5) is 17.6 Å². The minimum absolute atomic E-state index is 0.000543. The number of ether oxygens (including phenoxy) is 4. The lowest BCUT2D eigenvalue weighted by Crippen LogP contribution is -2.40. The van der Waals surface area contributed by atoms with Crippen molar-refractivity contribution in [3.8, 4) is 45.3 Å². The van der Waals surface area contributed by atoms with E-state index >= 15 is 0 Å². The Morgan fingerprint density at radius 2 is 0.866 bits per heavy atom. The number of aliphatic hydroxyl groups is 2. The van der Waals surface area contributed by atoms with Crippen molar-refractivity contribution in [2.45, 2.75) is 243 Å². The molecule has 0 spiro atoms. The molecule has 2 aliphatic heterocycles. The first-order chi connectivity index (χ1) is 43.9. The number of hydrogen-bond donors (Lipinski definition) is 5. The number of halogens is 4. The number of rotatable bonds is 21. The molecule has 0 atom stereocenters. The van der Waals surface area contributed by atoms with E-state index in [2.05, 4.69) is 88.3 Å². The van der Waals surface area contributed by atoms with E-state index in [9.17, 15) is 59.3 Å². The second-order valence-electron chi connectivity index (χ2n) is 29.6. The third-order valence-electron chi connectivity index (χ3n) is 17.1. The summed E-state index contributed by atoms with van der Waals surface area (Å²) >= 11 is 1.70. The van der Waals surface area contributed by atoms with Crippen molar-refractivity contribution in [2.24, 2.45) is 5.14 Å². The summed E-state index contributed by atoms with van der Waals surface area (Å²) in [6, 6.07) is 16.9. The molecule has 29 heteroatoms. The third kappa shape index (κ3) is 20.0. The molecule has 97 heavy (non-hydrogen) atoms. The van der Waals surface area contributed by atoms with Crippen molar-refractivity contribution in [2.75, 3.05) is 0 Å². The molecular formula is C68H94F4N4O15S4Si2. The summed E-state index contributed by atoms with van der Waals surface area (Å²) in [4.78, 5) is 33.6. The van der Waals surface area contributed by atoms with Crippen LogP contribution in [0.2, 0.25) is 36.3 Å². The van der Waals surface area contributed by atoms with Gasteiger partial charge in [-0.1, -0.05) is 133 Å². The highest BCUT2D eigenvalue weighted by molar-refractivity contribution is 7.92. The molecule has 2 aliphatic rings. The number of carbonyl (C=O) groups is 2. The van der Waals surface area contributed by atoms with Crippen LogP contribution in [-0.2, 0) is 75.7 Å². The molecule has 0 saturated carbocycles. The Morgan fingerprint density at radius 1 is 0.546 bits per heavy atom. The minimum atomic E-state index is -4.39. The molecule has 0 bridgehead atoms. The van der Waals surface area contributed by atoms with Gasteiger partial charge in [0.25, 0.3) is 10.0 Å². The Hall–Kier alpha value is -5.87. The van der Waals surface area contributed by atoms with E-state index in [1.165, 1.54) is 38.1 Å². The van der Waals surface area contributed by atoms with E-state index in [1.54, 1.807) is 26.0 Å². The maximum atomic E-state index is 13.8. The topological polar surface area (TPSA) is 282 Å². The number of fused-ring (bicyclic) bond motifs is 2. The van der Waals surface area contributed by atoms with E-state index < -0.39 is 72.3 Å². The minimum Gasteiger partial charge on any atom is -0.481 e. The summed E-state index contributed by atoms with van der Waals surface area (Å²) < 4.78 is 137. The number of carboxylic acid groups (broad SMARTS) is 1. The number of primary sulfonamides is 1. The summed E-state index contributed by atoms with van der Waals surface area (Å²) in [6.07, 6.45) is -7.66. The molecule has 6 aromatic rings. The molecule has 0 radical (unpaired) electrons. The van der Waals surface area contributed by atoms with Crippen molar-refractivity contribution in [3.63, 3.8) is 0 Å². The van der Waals surface area contributed by atoms with Gasteiger partial charge in [-0.2, -0.15) is 0 Å². The van der Waals surface area contributed by atoms with Crippen LogP contribution in [0, 0.1) is 0 Å². The lowest BCUT2D eigenvalue weighted by Gasteiger charge is -2.36. The summed E-state index contributed by atoms with van der Waals surface area (Å²) in [7, 11) is -12.6. The van der Waals surface area contributed by atoms with Crippen LogP contribution in [0.15, 0.2) is 69.1 Å². The van der Waals surface area contributed by atoms with Crippen LogP contribution < -0.4 is 28.8 Å². The monoisotopic (exact) mass is 1470 g/mol. The Bertz CT molecular complexity index is 4070. The first-order valence-corrected chi connectivity index (χ1v) is 42.1. The molecule has 2 aromatic heterocycles. The van der Waals surface area contributed by atoms with Gasteiger partial charge in [0.15, 0.2) is 48.1 Å². The number of sulfonamides is 2. The Labute approximate surface area is 578 Å². The van der Waals surface area contributed by atoms with E-state index in [-0.39, 0.29) is 108 Å². The number of nitrogens with two attached hydrogens (primary N) is 1. The summed E-state index contributed by atoms with van der Waals surface area (Å²) in [5, 5.41) is 35.6. The molecule has 0 unspecified atom stereocenters. The van der Waals surface area contributed by atoms with Crippen LogP contribution >= 0.6 is 22.7 Å². The highest BCUT2D eigenvalue weighted by atomic mass is 32.3. The van der Waals surface area contributed by atoms with Gasteiger partial charge >= 0.3 is 18.6 Å². The first-order valence-electron chi connectivity index (χ1n) is 31.6. The second kappa shape index (κ2) is 29.0. The zero-order valence-corrected chi connectivity index (χ0v) is 64.5. The third-order valence-corrected chi connectivity index (χ3v) is 32.3. The van der Waals surface area contributed by atoms with E-state index in [0.717, 1.165) is 61.6 Å². The number of hydrogen-bond acceptors (Lipinski definition) is 18. The number of alkyl halides is 4. The fraction of sp³-hybridized carbons (Fsp3) is 0.529. The molecule has 4 aromatic carbocycles. The van der Waals surface area contributed by atoms with Gasteiger partial charge in [0.2, 0.25) is 15.9 Å². The predicted molar refractivity (Wildman–Crippen MR) is 373 cm³/mol. The quantitative estimate of drug-likeness (QED) is 0.0331. The predicted octanol–water partition coefficient (Wildman–Crippen LogP) is 16.3. The lowest BCUT2D eigenvalue weighted by atomic mass is 9.84. The SMILES string of the molecule is CC(C)(O)c1nc(CO[Si](C)(C)C(C)(C)C)c(S(N)(=O)=O)s1.CC(C)c1cc(-c2ccc3c(c2)OC(F)(F)O3)cc(C(C)C)c1CC(=O)NS(=O)(=O)c1sc(C(C)(C)O)nc1CO[Si](C)(C)C(C)(C)C.CC(C)c1cc(-c2ccc3c(c2)OC(F)(F)O3)cc(C(C)C)c1CC(=O)O. The largest absolute Gasteiger partial charge is 0.586 e. The number of nitrogens with zero attached hydrogens (tertiary/aromatic N) is 2. The van der Waals surface area contributed by atoms with Gasteiger partial charge in [0.05, 0.1) is 37.4 Å². The summed E-state index contributed by atoms with van der Waals surface area (Å²) in [6.45, 7) is 42.8. The van der Waals surface area contributed by atoms with Crippen molar-refractivity contribution < 1.29 is 87.1 Å². The van der Waals surface area contributed by atoms with Gasteiger partial charge < -0.3 is 43.1 Å². The van der Waals surface area contributed by atoms with E-state index in [1.807, 2.05) is 92.7 Å². The molecule has 1 amide bonds. The normalized spacial score (nSPS) is 14.8. The van der Waals surface area contributed by atoms with E-state index in [4.69, 9.17) is 14.0 Å². The van der Waals surface area contributed by atoms with Gasteiger partial charge in [-0.25, -0.2) is 36.7 Å². The smallest absolute Gasteiger partial charge is 0.481 e. The second-order valence-corrected chi connectivity index (χ2v) is 44.8. The number of nitrogens with one attached hydrogen (secondary N) is 1. The molecule has 0 fully saturated rings. The van der Waals surface area contributed by atoms with Crippen molar-refractivity contribution in [3.05, 3.63) is 115 Å². The zero-order chi connectivity index (χ0) is 73.7. The average Bonchev–Trinajstić information content (AvgIpc) is 1.76. The van der Waals surface area contributed by atoms with Crippen molar-refractivity contribution in [1.82, 2.24) is 14.7 Å². The standard InChI is InChI=1S/C34H46F2N2O7S2Si.C21H22F2O4.C13H26N2O4S2Si/c1-19(2)23-14-22(21-12-13-27-28(16-21)45-34(35,36)44-27)15-24(20(3)4)25(23)17-29(39)38-47(41,42)30-26(37-31(46-30)33(8,9)40)18-43-48(10,11)32(5,6)7;1-11(2)15-7-14(8-16(12(3)4)17(15)10-20(24)25)13-5-6-18-19(9-13)27-21(22,23)26-18;1-12(2,3)22(6,7)19-8-9-10(21(14,17)18)20-11(15-9)13(4,5)16/h12-16,19-20,40H,17-18H2,1-11H3,(H,38,39);5-9,11-12H,10H2,1-4H3,(H,24,25);16H,8H2,1-7H3,(H2,14,17,18). The van der Waals surface area contributed by atoms with Gasteiger partial charge in [-0.15, -0.1) is 40.2 Å². The number of benzene rings is 4. The number of carboxylic acids is 1. The molecule has 4 heterocycles. The molecule has 8 rings (SSSR count). The molecule has 0 aliphatic carbocycles. The van der Waals surface area contributed by atoms with Crippen molar-refractivity contribution in [1.29, 1.82) is 0 Å². The lowest BCUT2D eigenvalue weighted by molar-refractivity contribution is -0.287. The highest BCUT2D eigenvalue weighted by Crippen LogP contribution is 2.47. The Balaban J connectivity index is 0.000000255. The number of aliphatic carboxylic acids is 1. The van der Waals surface area contributed by atoms with Crippen LogP contribution in [0.25, 0.3) is 22.3 Å². The first kappa shape index (κ1) is 80.1. The van der Waals surface area contributed by atoms with Crippen LogP contribution in [-0.4, -0.2) is 83.2 Å². The molecule has 536 valence electrons. The van der Waals surface area contributed by atoms with Crippen LogP contribution in [0.5, 0.6) is 23.0 Å². The van der Waals surface area contributed by atoms with Crippen LogP contribution in [0.1, 0.15) is 203 Å². The molecule has 0 saturated heterocycles. The fourth-order valence-electron chi connectivity index (χ4n) is 9.78. The molecule has 19 nitrogen and oxygen atoms in total. The highest BCUT2D eigenvalue weighted by Gasteiger charge is 2.45. The molecular weight excluding hydrogens is 1370 g/mol. The number of thiazole rings is 2. The summed E-state index contributed by atoms with van der Waals surface area (Å²) in [5.41, 5.74) is 5.71. The maximum absolute atomic E-state index is 13.8. The Kier molecular flexibility index (Phi) is 24.0. The van der Waals surface area contributed by atoms with Gasteiger partial charge in [-0.05, 0) is 168 Å². The van der Waals surface area contributed by atoms with E-state index in [0.29, 0.717) is 21.7 Å². The van der Waals surface area contributed by atoms with Gasteiger partial charge in [0.1, 0.15) is 21.2 Å². The fourth-order valence-corrected chi connectivity index (χ4v) is 16.1. The number of aromatic nitrogens is 2. The summed E-state index contributed by atoms with van der Waals surface area (Å²) in [5.74, 6) is -1.63. The molecule has 6 N–H and O–H groups in total. The average molecular weight is 1470 g/mol. The Morgan fingerprint density at radius 3 is 1.18 bits per heavy atom. The van der Waals surface area contributed by atoms with Crippen LogP contribution in [0.3, 0.4) is 0 Å². The zero-order valence-electron chi connectivity index (χ0n) is 59.3. The number of carbonyl (C=O) groups excluding carboxylic acids is 1. The number of amides is 1.